The first kappa shape index (κ1) is 11.6. The summed E-state index contributed by atoms with van der Waals surface area (Å²) in [7, 11) is 1.96. The topological polar surface area (TPSA) is 55.9 Å². The van der Waals surface area contributed by atoms with Gasteiger partial charge in [0.15, 0.2) is 0 Å². The van der Waals surface area contributed by atoms with E-state index in [1.807, 2.05) is 23.5 Å². The molecule has 1 fully saturated rings. The van der Waals surface area contributed by atoms with Crippen LogP contribution in [-0.2, 0) is 13.5 Å². The maximum atomic E-state index is 6.12. The Balaban J connectivity index is 2.12. The number of aromatic nitrogens is 2. The van der Waals surface area contributed by atoms with Gasteiger partial charge in [-0.3, -0.25) is 4.68 Å². The Bertz CT molecular complexity index is 355. The number of hydrogen-bond donors (Lipinski definition) is 2. The summed E-state index contributed by atoms with van der Waals surface area (Å²) < 4.78 is 1.88. The molecular formula is C11H20N4S. The highest BCUT2D eigenvalue weighted by Gasteiger charge is 2.19. The van der Waals surface area contributed by atoms with Crippen LogP contribution in [0.25, 0.3) is 0 Å². The highest BCUT2D eigenvalue weighted by molar-refractivity contribution is 7.99. The first-order valence-electron chi connectivity index (χ1n) is 5.88. The predicted molar refractivity (Wildman–Crippen MR) is 71.0 cm³/mol. The molecule has 4 nitrogen and oxygen atoms in total. The monoisotopic (exact) mass is 240 g/mol. The second kappa shape index (κ2) is 4.99. The van der Waals surface area contributed by atoms with Gasteiger partial charge in [0.05, 0.1) is 11.4 Å². The SMILES string of the molecule is CCCc1nn(C)c(NC2CCSC2)c1N. The van der Waals surface area contributed by atoms with Gasteiger partial charge in [-0.15, -0.1) is 0 Å². The summed E-state index contributed by atoms with van der Waals surface area (Å²) in [5.41, 5.74) is 7.98. The third-order valence-corrected chi connectivity index (χ3v) is 4.08. The second-order valence-corrected chi connectivity index (χ2v) is 5.44. The van der Waals surface area contributed by atoms with Gasteiger partial charge in [0.1, 0.15) is 5.82 Å². The van der Waals surface area contributed by atoms with Gasteiger partial charge in [0, 0.05) is 18.8 Å². The van der Waals surface area contributed by atoms with E-state index in [4.69, 9.17) is 5.73 Å². The van der Waals surface area contributed by atoms with Gasteiger partial charge in [-0.1, -0.05) is 13.3 Å². The first-order valence-corrected chi connectivity index (χ1v) is 7.03. The minimum atomic E-state index is 0.553. The lowest BCUT2D eigenvalue weighted by molar-refractivity contribution is 0.718. The van der Waals surface area contributed by atoms with Crippen molar-refractivity contribution in [3.8, 4) is 0 Å². The van der Waals surface area contributed by atoms with Gasteiger partial charge in [-0.2, -0.15) is 16.9 Å². The van der Waals surface area contributed by atoms with Crippen LogP contribution < -0.4 is 11.1 Å². The zero-order valence-corrected chi connectivity index (χ0v) is 10.8. The molecule has 0 bridgehead atoms. The Hall–Kier alpha value is -0.840. The van der Waals surface area contributed by atoms with E-state index in [0.29, 0.717) is 6.04 Å². The van der Waals surface area contributed by atoms with Crippen LogP contribution >= 0.6 is 11.8 Å². The number of nitrogen functional groups attached to an aromatic ring is 1. The van der Waals surface area contributed by atoms with Crippen molar-refractivity contribution >= 4 is 23.3 Å². The van der Waals surface area contributed by atoms with Gasteiger partial charge in [-0.05, 0) is 18.6 Å². The Morgan fingerprint density at radius 3 is 3.06 bits per heavy atom. The molecule has 1 unspecified atom stereocenters. The van der Waals surface area contributed by atoms with Crippen molar-refractivity contribution < 1.29 is 0 Å². The fourth-order valence-corrected chi connectivity index (χ4v) is 3.18. The zero-order valence-electron chi connectivity index (χ0n) is 9.99. The second-order valence-electron chi connectivity index (χ2n) is 4.29. The first-order chi connectivity index (χ1) is 7.72. The smallest absolute Gasteiger partial charge is 0.148 e. The van der Waals surface area contributed by atoms with E-state index in [1.165, 1.54) is 17.9 Å². The van der Waals surface area contributed by atoms with Crippen LogP contribution in [0.2, 0.25) is 0 Å². The van der Waals surface area contributed by atoms with Crippen LogP contribution in [0.5, 0.6) is 0 Å². The molecule has 1 aromatic rings. The Morgan fingerprint density at radius 2 is 2.44 bits per heavy atom. The minimum absolute atomic E-state index is 0.553. The van der Waals surface area contributed by atoms with Crippen molar-refractivity contribution in [1.29, 1.82) is 0 Å². The van der Waals surface area contributed by atoms with E-state index in [1.54, 1.807) is 0 Å². The molecule has 1 saturated heterocycles. The summed E-state index contributed by atoms with van der Waals surface area (Å²) in [6.45, 7) is 2.15. The molecule has 5 heteroatoms. The van der Waals surface area contributed by atoms with Gasteiger partial charge in [0.2, 0.25) is 0 Å². The molecule has 0 amide bonds. The van der Waals surface area contributed by atoms with E-state index < -0.39 is 0 Å². The average molecular weight is 240 g/mol. The van der Waals surface area contributed by atoms with E-state index in [0.717, 1.165) is 30.0 Å². The Labute approximate surface area is 101 Å². The van der Waals surface area contributed by atoms with E-state index in [2.05, 4.69) is 17.3 Å². The maximum Gasteiger partial charge on any atom is 0.148 e. The number of nitrogens with two attached hydrogens (primary N) is 1. The lowest BCUT2D eigenvalue weighted by Gasteiger charge is -2.13. The average Bonchev–Trinajstić information content (AvgIpc) is 2.84. The van der Waals surface area contributed by atoms with E-state index in [-0.39, 0.29) is 0 Å². The molecule has 0 aliphatic carbocycles. The number of nitrogens with one attached hydrogen (secondary N) is 1. The highest BCUT2D eigenvalue weighted by atomic mass is 32.2. The molecule has 0 radical (unpaired) electrons. The number of thioether (sulfide) groups is 1. The van der Waals surface area contributed by atoms with Crippen LogP contribution in [0.4, 0.5) is 11.5 Å². The molecule has 0 aromatic carbocycles. The molecule has 3 N–H and O–H groups in total. The number of rotatable bonds is 4. The van der Waals surface area contributed by atoms with Crippen molar-refractivity contribution in [2.24, 2.45) is 7.05 Å². The third-order valence-electron chi connectivity index (χ3n) is 2.92. The predicted octanol–water partition coefficient (Wildman–Crippen LogP) is 1.87. The number of aryl methyl sites for hydroxylation is 2. The summed E-state index contributed by atoms with van der Waals surface area (Å²) in [6.07, 6.45) is 3.26. The Morgan fingerprint density at radius 1 is 1.62 bits per heavy atom. The van der Waals surface area contributed by atoms with Crippen LogP contribution in [0.15, 0.2) is 0 Å². The van der Waals surface area contributed by atoms with Crippen molar-refractivity contribution in [2.75, 3.05) is 22.6 Å². The van der Waals surface area contributed by atoms with Crippen LogP contribution in [0, 0.1) is 0 Å². The molecule has 1 aromatic heterocycles. The molecule has 1 aliphatic heterocycles. The van der Waals surface area contributed by atoms with Crippen LogP contribution in [0.1, 0.15) is 25.5 Å². The molecular weight excluding hydrogens is 220 g/mol. The summed E-state index contributed by atoms with van der Waals surface area (Å²) in [5, 5.41) is 7.98. The largest absolute Gasteiger partial charge is 0.394 e. The summed E-state index contributed by atoms with van der Waals surface area (Å²) in [4.78, 5) is 0. The molecule has 2 heterocycles. The standard InChI is InChI=1S/C11H20N4S/c1-3-4-9-10(12)11(15(2)14-9)13-8-5-6-16-7-8/h8,13H,3-7,12H2,1-2H3. The van der Waals surface area contributed by atoms with Crippen LogP contribution in [0.3, 0.4) is 0 Å². The number of anilines is 2. The molecule has 1 atom stereocenters. The normalized spacial score (nSPS) is 20.2. The lowest BCUT2D eigenvalue weighted by Crippen LogP contribution is -2.20. The van der Waals surface area contributed by atoms with Gasteiger partial charge in [0.25, 0.3) is 0 Å². The summed E-state index contributed by atoms with van der Waals surface area (Å²) in [5.74, 6) is 3.42. The maximum absolute atomic E-state index is 6.12. The molecule has 16 heavy (non-hydrogen) atoms. The van der Waals surface area contributed by atoms with Crippen molar-refractivity contribution in [2.45, 2.75) is 32.2 Å². The number of nitrogens with zero attached hydrogens (tertiary/aromatic N) is 2. The third kappa shape index (κ3) is 2.29. The van der Waals surface area contributed by atoms with Crippen molar-refractivity contribution in [1.82, 2.24) is 9.78 Å². The summed E-state index contributed by atoms with van der Waals surface area (Å²) >= 11 is 2.00. The minimum Gasteiger partial charge on any atom is -0.394 e. The molecule has 1 aliphatic rings. The van der Waals surface area contributed by atoms with Crippen molar-refractivity contribution in [3.63, 3.8) is 0 Å². The number of hydrogen-bond acceptors (Lipinski definition) is 4. The quantitative estimate of drug-likeness (QED) is 0.843. The van der Waals surface area contributed by atoms with E-state index in [9.17, 15) is 0 Å². The molecule has 2 rings (SSSR count). The van der Waals surface area contributed by atoms with Gasteiger partial charge in [-0.25, -0.2) is 0 Å². The molecule has 0 spiro atoms. The molecule has 90 valence electrons. The zero-order chi connectivity index (χ0) is 11.5. The highest BCUT2D eigenvalue weighted by Crippen LogP contribution is 2.27. The van der Waals surface area contributed by atoms with E-state index >= 15 is 0 Å². The summed E-state index contributed by atoms with van der Waals surface area (Å²) in [6, 6.07) is 0.553. The molecule has 0 saturated carbocycles. The fraction of sp³-hybridized carbons (Fsp3) is 0.727. The van der Waals surface area contributed by atoms with Gasteiger partial charge >= 0.3 is 0 Å². The Kier molecular flexibility index (Phi) is 3.63. The lowest BCUT2D eigenvalue weighted by atomic mass is 10.2. The van der Waals surface area contributed by atoms with Crippen LogP contribution in [-0.4, -0.2) is 27.3 Å². The van der Waals surface area contributed by atoms with Gasteiger partial charge < -0.3 is 11.1 Å². The fourth-order valence-electron chi connectivity index (χ4n) is 2.03. The van der Waals surface area contributed by atoms with Crippen molar-refractivity contribution in [3.05, 3.63) is 5.69 Å².